The number of rotatable bonds is 3. The van der Waals surface area contributed by atoms with Crippen LogP contribution in [0.3, 0.4) is 0 Å². The SMILES string of the molecule is CC(NC(=O)c1c(F)ccc(N)c1F)C1CC2CCC1C2. The van der Waals surface area contributed by atoms with E-state index in [1.54, 1.807) is 0 Å². The minimum absolute atomic E-state index is 0.0759. The molecule has 5 heteroatoms. The molecule has 2 bridgehead atoms. The topological polar surface area (TPSA) is 55.1 Å². The molecule has 4 atom stereocenters. The Morgan fingerprint density at radius 2 is 2.10 bits per heavy atom. The standard InChI is InChI=1S/C16H20F2N2O/c1-8(11-7-9-2-3-10(11)6-9)20-16(21)14-12(17)4-5-13(19)15(14)18/h4-5,8-11H,2-3,6-7,19H2,1H3,(H,20,21). The van der Waals surface area contributed by atoms with Crippen molar-refractivity contribution in [3.8, 4) is 0 Å². The van der Waals surface area contributed by atoms with Crippen LogP contribution < -0.4 is 11.1 Å². The number of benzene rings is 1. The van der Waals surface area contributed by atoms with E-state index in [1.807, 2.05) is 6.92 Å². The highest BCUT2D eigenvalue weighted by Gasteiger charge is 2.42. The van der Waals surface area contributed by atoms with Crippen molar-refractivity contribution in [1.29, 1.82) is 0 Å². The van der Waals surface area contributed by atoms with Crippen molar-refractivity contribution in [2.24, 2.45) is 17.8 Å². The van der Waals surface area contributed by atoms with Gasteiger partial charge in [0.05, 0.1) is 5.69 Å². The van der Waals surface area contributed by atoms with Gasteiger partial charge in [0, 0.05) is 6.04 Å². The lowest BCUT2D eigenvalue weighted by molar-refractivity contribution is 0.0907. The van der Waals surface area contributed by atoms with Crippen LogP contribution in [-0.4, -0.2) is 11.9 Å². The minimum atomic E-state index is -0.979. The Labute approximate surface area is 122 Å². The molecule has 114 valence electrons. The maximum atomic E-state index is 13.9. The second-order valence-corrected chi connectivity index (χ2v) is 6.43. The first-order valence-corrected chi connectivity index (χ1v) is 7.51. The quantitative estimate of drug-likeness (QED) is 0.842. The third-order valence-corrected chi connectivity index (χ3v) is 5.14. The van der Waals surface area contributed by atoms with Crippen molar-refractivity contribution < 1.29 is 13.6 Å². The van der Waals surface area contributed by atoms with Gasteiger partial charge in [-0.15, -0.1) is 0 Å². The summed E-state index contributed by atoms with van der Waals surface area (Å²) in [6, 6.07) is 2.07. The number of amides is 1. The van der Waals surface area contributed by atoms with E-state index in [0.29, 0.717) is 11.8 Å². The minimum Gasteiger partial charge on any atom is -0.396 e. The second-order valence-electron chi connectivity index (χ2n) is 6.43. The molecule has 2 fully saturated rings. The lowest BCUT2D eigenvalue weighted by atomic mass is 9.84. The maximum absolute atomic E-state index is 13.9. The summed E-state index contributed by atoms with van der Waals surface area (Å²) in [6.07, 6.45) is 4.82. The fourth-order valence-electron chi connectivity index (χ4n) is 4.07. The van der Waals surface area contributed by atoms with Crippen molar-refractivity contribution in [3.63, 3.8) is 0 Å². The molecule has 0 saturated heterocycles. The summed E-state index contributed by atoms with van der Waals surface area (Å²) in [7, 11) is 0. The van der Waals surface area contributed by atoms with Gasteiger partial charge in [-0.05, 0) is 56.1 Å². The fraction of sp³-hybridized carbons (Fsp3) is 0.562. The number of nitrogen functional groups attached to an aromatic ring is 1. The Hall–Kier alpha value is -1.65. The van der Waals surface area contributed by atoms with Crippen LogP contribution in [0, 0.1) is 29.4 Å². The lowest BCUT2D eigenvalue weighted by Crippen LogP contribution is -2.40. The monoisotopic (exact) mass is 294 g/mol. The Balaban J connectivity index is 1.73. The molecule has 21 heavy (non-hydrogen) atoms. The predicted molar refractivity (Wildman–Crippen MR) is 76.6 cm³/mol. The molecule has 0 spiro atoms. The number of fused-ring (bicyclic) bond motifs is 2. The average Bonchev–Trinajstić information content (AvgIpc) is 3.06. The number of nitrogens with one attached hydrogen (secondary N) is 1. The van der Waals surface area contributed by atoms with Gasteiger partial charge in [0.1, 0.15) is 11.4 Å². The van der Waals surface area contributed by atoms with Gasteiger partial charge in [-0.25, -0.2) is 8.78 Å². The summed E-state index contributed by atoms with van der Waals surface area (Å²) < 4.78 is 27.6. The number of nitrogens with two attached hydrogens (primary N) is 1. The highest BCUT2D eigenvalue weighted by atomic mass is 19.1. The third kappa shape index (κ3) is 2.49. The van der Waals surface area contributed by atoms with Crippen LogP contribution in [0.25, 0.3) is 0 Å². The summed E-state index contributed by atoms with van der Waals surface area (Å²) in [5.74, 6) is -0.750. The number of carbonyl (C=O) groups is 1. The van der Waals surface area contributed by atoms with Gasteiger partial charge in [0.25, 0.3) is 5.91 Å². The van der Waals surface area contributed by atoms with Gasteiger partial charge < -0.3 is 11.1 Å². The van der Waals surface area contributed by atoms with Crippen LogP contribution in [0.2, 0.25) is 0 Å². The molecule has 3 N–H and O–H groups in total. The van der Waals surface area contributed by atoms with Crippen LogP contribution in [0.4, 0.5) is 14.5 Å². The zero-order chi connectivity index (χ0) is 15.1. The first kappa shape index (κ1) is 14.3. The molecule has 3 rings (SSSR count). The van der Waals surface area contributed by atoms with Gasteiger partial charge in [-0.2, -0.15) is 0 Å². The van der Waals surface area contributed by atoms with Crippen molar-refractivity contribution in [1.82, 2.24) is 5.32 Å². The summed E-state index contributed by atoms with van der Waals surface area (Å²) in [5.41, 5.74) is 4.62. The number of hydrogen-bond donors (Lipinski definition) is 2. The molecule has 1 aromatic carbocycles. The third-order valence-electron chi connectivity index (χ3n) is 5.14. The van der Waals surface area contributed by atoms with Crippen LogP contribution in [-0.2, 0) is 0 Å². The molecule has 0 heterocycles. The normalized spacial score (nSPS) is 28.6. The van der Waals surface area contributed by atoms with Crippen LogP contribution >= 0.6 is 0 Å². The molecule has 3 nitrogen and oxygen atoms in total. The van der Waals surface area contributed by atoms with Gasteiger partial charge in [0.2, 0.25) is 0 Å². The molecule has 0 aliphatic heterocycles. The number of anilines is 1. The zero-order valence-electron chi connectivity index (χ0n) is 12.0. The van der Waals surface area contributed by atoms with E-state index in [2.05, 4.69) is 5.32 Å². The number of carbonyl (C=O) groups excluding carboxylic acids is 1. The van der Waals surface area contributed by atoms with Gasteiger partial charge in [0.15, 0.2) is 5.82 Å². The Morgan fingerprint density at radius 3 is 2.71 bits per heavy atom. The number of hydrogen-bond acceptors (Lipinski definition) is 2. The molecule has 0 radical (unpaired) electrons. The summed E-state index contributed by atoms with van der Waals surface area (Å²) >= 11 is 0. The average molecular weight is 294 g/mol. The van der Waals surface area contributed by atoms with Crippen molar-refractivity contribution in [2.75, 3.05) is 5.73 Å². The van der Waals surface area contributed by atoms with Crippen LogP contribution in [0.15, 0.2) is 12.1 Å². The van der Waals surface area contributed by atoms with Gasteiger partial charge in [-0.3, -0.25) is 4.79 Å². The van der Waals surface area contributed by atoms with Crippen molar-refractivity contribution >= 4 is 11.6 Å². The van der Waals surface area contributed by atoms with E-state index in [4.69, 9.17) is 5.73 Å². The first-order chi connectivity index (χ1) is 9.97. The summed E-state index contributed by atoms with van der Waals surface area (Å²) in [6.45, 7) is 1.92. The Morgan fingerprint density at radius 1 is 1.33 bits per heavy atom. The molecule has 1 amide bonds. The summed E-state index contributed by atoms with van der Waals surface area (Å²) in [4.78, 5) is 12.2. The Kier molecular flexibility index (Phi) is 3.59. The molecular weight excluding hydrogens is 274 g/mol. The largest absolute Gasteiger partial charge is 0.396 e. The molecule has 0 aromatic heterocycles. The molecular formula is C16H20F2N2O. The van der Waals surface area contributed by atoms with Crippen LogP contribution in [0.1, 0.15) is 43.0 Å². The van der Waals surface area contributed by atoms with E-state index in [-0.39, 0.29) is 11.7 Å². The predicted octanol–water partition coefficient (Wildman–Crippen LogP) is 3.10. The van der Waals surface area contributed by atoms with Gasteiger partial charge in [-0.1, -0.05) is 6.42 Å². The van der Waals surface area contributed by atoms with Gasteiger partial charge >= 0.3 is 0 Å². The maximum Gasteiger partial charge on any atom is 0.257 e. The highest BCUT2D eigenvalue weighted by molar-refractivity contribution is 5.95. The van der Waals surface area contributed by atoms with Crippen molar-refractivity contribution in [2.45, 2.75) is 38.6 Å². The smallest absolute Gasteiger partial charge is 0.257 e. The van der Waals surface area contributed by atoms with E-state index in [1.165, 1.54) is 19.3 Å². The zero-order valence-corrected chi connectivity index (χ0v) is 12.0. The van der Waals surface area contributed by atoms with Crippen molar-refractivity contribution in [3.05, 3.63) is 29.3 Å². The highest BCUT2D eigenvalue weighted by Crippen LogP contribution is 2.49. The number of halogens is 2. The molecule has 2 aliphatic carbocycles. The molecule has 2 saturated carbocycles. The van der Waals surface area contributed by atoms with E-state index < -0.39 is 23.1 Å². The molecule has 2 aliphatic rings. The fourth-order valence-corrected chi connectivity index (χ4v) is 4.07. The van der Waals surface area contributed by atoms with Crippen LogP contribution in [0.5, 0.6) is 0 Å². The lowest BCUT2D eigenvalue weighted by Gasteiger charge is -2.28. The second kappa shape index (κ2) is 5.28. The van der Waals surface area contributed by atoms with E-state index >= 15 is 0 Å². The van der Waals surface area contributed by atoms with E-state index in [9.17, 15) is 13.6 Å². The van der Waals surface area contributed by atoms with E-state index in [0.717, 1.165) is 24.5 Å². The molecule has 1 aromatic rings. The summed E-state index contributed by atoms with van der Waals surface area (Å²) in [5, 5.41) is 2.76. The first-order valence-electron chi connectivity index (χ1n) is 7.51. The molecule has 4 unspecified atom stereocenters. The Bertz CT molecular complexity index is 576.